The average Bonchev–Trinajstić information content (AvgIpc) is 2.88. The van der Waals surface area contributed by atoms with Crippen molar-refractivity contribution in [2.45, 2.75) is 47.6 Å². The molecular weight excluding hydrogens is 304 g/mol. The molecule has 1 fully saturated rings. The zero-order valence-electron chi connectivity index (χ0n) is 16.3. The van der Waals surface area contributed by atoms with Crippen LogP contribution < -0.4 is 9.80 Å². The van der Waals surface area contributed by atoms with Gasteiger partial charge in [-0.25, -0.2) is 0 Å². The SMILES string of the molecule is C#CC1CN(c2c(C)cc(C)cc2C)CN1c1c(C)cc(C)cc1C. The van der Waals surface area contributed by atoms with E-state index in [2.05, 4.69) is 81.5 Å². The third-order valence-corrected chi connectivity index (χ3v) is 5.16. The molecule has 1 saturated heterocycles. The Morgan fingerprint density at radius 3 is 1.68 bits per heavy atom. The van der Waals surface area contributed by atoms with E-state index in [0.717, 1.165) is 13.2 Å². The first-order chi connectivity index (χ1) is 11.8. The van der Waals surface area contributed by atoms with Gasteiger partial charge in [0, 0.05) is 11.4 Å². The van der Waals surface area contributed by atoms with Crippen LogP contribution in [0.25, 0.3) is 0 Å². The van der Waals surface area contributed by atoms with Crippen LogP contribution in [0.4, 0.5) is 11.4 Å². The number of hydrogen-bond donors (Lipinski definition) is 0. The average molecular weight is 332 g/mol. The Kier molecular flexibility index (Phi) is 4.52. The van der Waals surface area contributed by atoms with Gasteiger partial charge in [0.05, 0.1) is 13.2 Å². The van der Waals surface area contributed by atoms with Crippen molar-refractivity contribution in [3.05, 3.63) is 57.6 Å². The molecule has 3 rings (SSSR count). The van der Waals surface area contributed by atoms with Crippen molar-refractivity contribution >= 4 is 11.4 Å². The Hall–Kier alpha value is -2.40. The van der Waals surface area contributed by atoms with Crippen LogP contribution in [-0.2, 0) is 0 Å². The largest absolute Gasteiger partial charge is 0.350 e. The molecule has 0 saturated carbocycles. The van der Waals surface area contributed by atoms with Crippen LogP contribution >= 0.6 is 0 Å². The molecule has 0 spiro atoms. The molecule has 1 heterocycles. The molecule has 2 heteroatoms. The second-order valence-corrected chi connectivity index (χ2v) is 7.51. The van der Waals surface area contributed by atoms with Crippen molar-refractivity contribution in [1.29, 1.82) is 0 Å². The number of terminal acetylenes is 1. The molecule has 0 bridgehead atoms. The van der Waals surface area contributed by atoms with Crippen LogP contribution in [0.15, 0.2) is 24.3 Å². The lowest BCUT2D eigenvalue weighted by atomic mass is 10.0. The Labute approximate surface area is 152 Å². The molecule has 0 N–H and O–H groups in total. The Balaban J connectivity index is 2.02. The van der Waals surface area contributed by atoms with E-state index in [1.165, 1.54) is 44.8 Å². The molecule has 2 aromatic carbocycles. The molecule has 1 aliphatic heterocycles. The van der Waals surface area contributed by atoms with E-state index in [1.54, 1.807) is 0 Å². The highest BCUT2D eigenvalue weighted by Crippen LogP contribution is 2.35. The molecule has 130 valence electrons. The predicted octanol–water partition coefficient (Wildman–Crippen LogP) is 4.82. The molecule has 0 aromatic heterocycles. The fourth-order valence-electron chi connectivity index (χ4n) is 4.48. The summed E-state index contributed by atoms with van der Waals surface area (Å²) in [5.74, 6) is 3.02. The first-order valence-electron chi connectivity index (χ1n) is 8.95. The third kappa shape index (κ3) is 3.12. The minimum Gasteiger partial charge on any atom is -0.350 e. The van der Waals surface area contributed by atoms with Crippen LogP contribution in [0.3, 0.4) is 0 Å². The first kappa shape index (κ1) is 17.4. The van der Waals surface area contributed by atoms with Gasteiger partial charge in [0.2, 0.25) is 0 Å². The van der Waals surface area contributed by atoms with Crippen molar-refractivity contribution in [2.24, 2.45) is 0 Å². The quantitative estimate of drug-likeness (QED) is 0.727. The van der Waals surface area contributed by atoms with Gasteiger partial charge in [-0.2, -0.15) is 0 Å². The van der Waals surface area contributed by atoms with Gasteiger partial charge in [0.1, 0.15) is 6.04 Å². The summed E-state index contributed by atoms with van der Waals surface area (Å²) in [7, 11) is 0. The predicted molar refractivity (Wildman–Crippen MR) is 109 cm³/mol. The number of aryl methyl sites for hydroxylation is 6. The smallest absolute Gasteiger partial charge is 0.109 e. The van der Waals surface area contributed by atoms with Gasteiger partial charge in [0.15, 0.2) is 0 Å². The van der Waals surface area contributed by atoms with Gasteiger partial charge < -0.3 is 9.80 Å². The Morgan fingerprint density at radius 1 is 0.800 bits per heavy atom. The van der Waals surface area contributed by atoms with E-state index in [4.69, 9.17) is 6.42 Å². The minimum absolute atomic E-state index is 0.0974. The molecule has 25 heavy (non-hydrogen) atoms. The lowest BCUT2D eigenvalue weighted by molar-refractivity contribution is 0.866. The maximum Gasteiger partial charge on any atom is 0.109 e. The zero-order chi connectivity index (χ0) is 18.3. The molecule has 1 unspecified atom stereocenters. The second-order valence-electron chi connectivity index (χ2n) is 7.51. The van der Waals surface area contributed by atoms with E-state index in [-0.39, 0.29) is 6.04 Å². The summed E-state index contributed by atoms with van der Waals surface area (Å²) < 4.78 is 0. The number of nitrogens with zero attached hydrogens (tertiary/aromatic N) is 2. The van der Waals surface area contributed by atoms with E-state index >= 15 is 0 Å². The molecule has 2 nitrogen and oxygen atoms in total. The maximum absolute atomic E-state index is 5.91. The lowest BCUT2D eigenvalue weighted by Gasteiger charge is -2.27. The Morgan fingerprint density at radius 2 is 1.24 bits per heavy atom. The van der Waals surface area contributed by atoms with Crippen molar-refractivity contribution in [3.63, 3.8) is 0 Å². The molecule has 2 aromatic rings. The summed E-state index contributed by atoms with van der Waals surface area (Å²) in [5.41, 5.74) is 10.5. The molecule has 1 aliphatic rings. The number of anilines is 2. The summed E-state index contributed by atoms with van der Waals surface area (Å²) in [4.78, 5) is 4.83. The van der Waals surface area contributed by atoms with Gasteiger partial charge in [-0.1, -0.05) is 41.3 Å². The standard InChI is InChI=1S/C23H28N2/c1-8-21-13-24(22-17(4)9-15(2)10-18(22)5)14-25(21)23-19(6)11-16(3)12-20(23)7/h1,9-12,21H,13-14H2,2-7H3. The fourth-order valence-corrected chi connectivity index (χ4v) is 4.48. The zero-order valence-corrected chi connectivity index (χ0v) is 16.3. The maximum atomic E-state index is 5.91. The molecule has 0 amide bonds. The van der Waals surface area contributed by atoms with Crippen LogP contribution in [-0.4, -0.2) is 19.3 Å². The van der Waals surface area contributed by atoms with Crippen molar-refractivity contribution in [1.82, 2.24) is 0 Å². The summed E-state index contributed by atoms with van der Waals surface area (Å²) in [6.45, 7) is 14.8. The lowest BCUT2D eigenvalue weighted by Crippen LogP contribution is -2.31. The highest BCUT2D eigenvalue weighted by molar-refractivity contribution is 5.68. The highest BCUT2D eigenvalue weighted by Gasteiger charge is 2.32. The van der Waals surface area contributed by atoms with Gasteiger partial charge in [-0.3, -0.25) is 0 Å². The van der Waals surface area contributed by atoms with Gasteiger partial charge in [0.25, 0.3) is 0 Å². The summed E-state index contributed by atoms with van der Waals surface area (Å²) in [5, 5.41) is 0. The van der Waals surface area contributed by atoms with Gasteiger partial charge in [-0.05, 0) is 63.8 Å². The Bertz CT molecular complexity index is 811. The van der Waals surface area contributed by atoms with E-state index in [0.29, 0.717) is 0 Å². The van der Waals surface area contributed by atoms with Crippen LogP contribution in [0.2, 0.25) is 0 Å². The van der Waals surface area contributed by atoms with Crippen LogP contribution in [0.5, 0.6) is 0 Å². The molecule has 0 aliphatic carbocycles. The first-order valence-corrected chi connectivity index (χ1v) is 8.95. The monoisotopic (exact) mass is 332 g/mol. The summed E-state index contributed by atoms with van der Waals surface area (Å²) in [6.07, 6.45) is 5.91. The van der Waals surface area contributed by atoms with Crippen LogP contribution in [0.1, 0.15) is 33.4 Å². The van der Waals surface area contributed by atoms with E-state index in [1.807, 2.05) is 0 Å². The van der Waals surface area contributed by atoms with Crippen molar-refractivity contribution in [2.75, 3.05) is 23.0 Å². The van der Waals surface area contributed by atoms with Crippen molar-refractivity contribution < 1.29 is 0 Å². The molecular formula is C23H28N2. The van der Waals surface area contributed by atoms with Gasteiger partial charge in [-0.15, -0.1) is 6.42 Å². The normalized spacial score (nSPS) is 17.1. The second kappa shape index (κ2) is 6.48. The fraction of sp³-hybridized carbons (Fsp3) is 0.391. The van der Waals surface area contributed by atoms with Crippen LogP contribution in [0, 0.1) is 53.9 Å². The van der Waals surface area contributed by atoms with E-state index < -0.39 is 0 Å². The number of benzene rings is 2. The van der Waals surface area contributed by atoms with Crippen molar-refractivity contribution in [3.8, 4) is 12.3 Å². The highest BCUT2D eigenvalue weighted by atomic mass is 15.4. The summed E-state index contributed by atoms with van der Waals surface area (Å²) >= 11 is 0. The number of hydrogen-bond acceptors (Lipinski definition) is 2. The van der Waals surface area contributed by atoms with Gasteiger partial charge >= 0.3 is 0 Å². The third-order valence-electron chi connectivity index (χ3n) is 5.16. The molecule has 0 radical (unpaired) electrons. The van der Waals surface area contributed by atoms with E-state index in [9.17, 15) is 0 Å². The molecule has 1 atom stereocenters. The number of rotatable bonds is 2. The summed E-state index contributed by atoms with van der Waals surface area (Å²) in [6, 6.07) is 9.12. The minimum atomic E-state index is 0.0974. The topological polar surface area (TPSA) is 6.48 Å².